The summed E-state index contributed by atoms with van der Waals surface area (Å²) in [6, 6.07) is 4.13. The number of rotatable bonds is 6. The second-order valence-electron chi connectivity index (χ2n) is 12.2. The van der Waals surface area contributed by atoms with Crippen molar-refractivity contribution in [2.45, 2.75) is 91.1 Å². The van der Waals surface area contributed by atoms with Gasteiger partial charge in [0, 0.05) is 31.9 Å². The van der Waals surface area contributed by atoms with Crippen LogP contribution in [0.1, 0.15) is 81.5 Å². The molecule has 0 radical (unpaired) electrons. The molecule has 1 aliphatic heterocycles. The lowest BCUT2D eigenvalue weighted by molar-refractivity contribution is -0.164. The quantitative estimate of drug-likeness (QED) is 0.450. The maximum absolute atomic E-state index is 14.2. The first-order valence-corrected chi connectivity index (χ1v) is 16.5. The lowest BCUT2D eigenvalue weighted by Gasteiger charge is -2.37. The molecule has 3 rings (SSSR count). The SMILES string of the molecule is CCC[C@H]1NC(=O)c2csc(n2)[C@H](C)NC(=O)[C@H](C(C)C)N(C)C(=O)[C@H](Cc2ccc(OC)cc2)N(C)C(=O)[C@H](C)OC(=O)[C@@H]1C. The molecular formula is C33H47N5O7S. The number of benzene rings is 1. The minimum Gasteiger partial charge on any atom is -0.497 e. The van der Waals surface area contributed by atoms with Crippen molar-refractivity contribution in [3.63, 3.8) is 0 Å². The van der Waals surface area contributed by atoms with Crippen molar-refractivity contribution < 1.29 is 33.4 Å². The van der Waals surface area contributed by atoms with Crippen molar-refractivity contribution in [3.8, 4) is 5.75 Å². The molecule has 0 spiro atoms. The van der Waals surface area contributed by atoms with Gasteiger partial charge in [-0.25, -0.2) is 4.98 Å². The number of fused-ring (bicyclic) bond motifs is 2. The number of ether oxygens (including phenoxy) is 2. The van der Waals surface area contributed by atoms with Gasteiger partial charge in [-0.15, -0.1) is 11.3 Å². The summed E-state index contributed by atoms with van der Waals surface area (Å²) in [5, 5.41) is 7.98. The van der Waals surface area contributed by atoms with E-state index in [1.54, 1.807) is 45.5 Å². The summed E-state index contributed by atoms with van der Waals surface area (Å²) in [6.07, 6.45) is 0.101. The molecule has 0 unspecified atom stereocenters. The van der Waals surface area contributed by atoms with Crippen LogP contribution < -0.4 is 15.4 Å². The molecule has 0 saturated heterocycles. The fourth-order valence-electron chi connectivity index (χ4n) is 5.56. The van der Waals surface area contributed by atoms with Crippen LogP contribution in [0.3, 0.4) is 0 Å². The van der Waals surface area contributed by atoms with Crippen LogP contribution in [0, 0.1) is 11.8 Å². The number of likely N-dealkylation sites (N-methyl/N-ethyl adjacent to an activating group) is 2. The van der Waals surface area contributed by atoms with Crippen LogP contribution in [0.25, 0.3) is 0 Å². The number of nitrogens with zero attached hydrogens (tertiary/aromatic N) is 3. The number of carbonyl (C=O) groups is 5. The van der Waals surface area contributed by atoms with Gasteiger partial charge in [-0.1, -0.05) is 39.3 Å². The number of methoxy groups -OCH3 is 1. The highest BCUT2D eigenvalue weighted by Crippen LogP contribution is 2.23. The Hall–Kier alpha value is -4.00. The minimum atomic E-state index is -1.22. The van der Waals surface area contributed by atoms with E-state index in [1.807, 2.05) is 32.9 Å². The van der Waals surface area contributed by atoms with Gasteiger partial charge in [-0.2, -0.15) is 0 Å². The molecule has 1 aliphatic rings. The second-order valence-corrected chi connectivity index (χ2v) is 13.1. The lowest BCUT2D eigenvalue weighted by Crippen LogP contribution is -2.58. The minimum absolute atomic E-state index is 0.141. The summed E-state index contributed by atoms with van der Waals surface area (Å²) < 4.78 is 10.9. The number of esters is 1. The Labute approximate surface area is 275 Å². The topological polar surface area (TPSA) is 147 Å². The zero-order valence-electron chi connectivity index (χ0n) is 28.2. The summed E-state index contributed by atoms with van der Waals surface area (Å²) >= 11 is 1.23. The van der Waals surface area contributed by atoms with E-state index in [2.05, 4.69) is 15.6 Å². The number of cyclic esters (lactones) is 1. The van der Waals surface area contributed by atoms with E-state index in [-0.39, 0.29) is 18.0 Å². The van der Waals surface area contributed by atoms with Crippen LogP contribution in [-0.2, 0) is 30.3 Å². The maximum Gasteiger partial charge on any atom is 0.311 e. The van der Waals surface area contributed by atoms with Crippen LogP contribution in [0.2, 0.25) is 0 Å². The summed E-state index contributed by atoms with van der Waals surface area (Å²) in [7, 11) is 4.59. The first kappa shape index (κ1) is 36.5. The van der Waals surface area contributed by atoms with Gasteiger partial charge in [0.05, 0.1) is 19.1 Å². The molecule has 1 aromatic heterocycles. The third-order valence-corrected chi connectivity index (χ3v) is 9.40. The standard InChI is InChI=1S/C33H47N5O7S/c1-10-11-24-19(4)33(43)45-21(6)31(41)37(7)26(16-22-12-14-23(44-9)15-13-22)32(42)38(8)27(18(2)3)29(40)34-20(5)30-36-25(17-46-30)28(39)35-24/h12-15,17-21,24,26-27H,10-11,16H2,1-9H3,(H,34,40)(H,35,39)/t19-,20+,21+,24-,26+,27+/m1/s1. The number of carbonyl (C=O) groups excluding carboxylic acids is 5. The average molecular weight is 658 g/mol. The average Bonchev–Trinajstić information content (AvgIpc) is 3.52. The van der Waals surface area contributed by atoms with Gasteiger partial charge < -0.3 is 29.9 Å². The fourth-order valence-corrected chi connectivity index (χ4v) is 6.37. The van der Waals surface area contributed by atoms with Crippen molar-refractivity contribution in [2.24, 2.45) is 11.8 Å². The van der Waals surface area contributed by atoms with Gasteiger partial charge in [0.25, 0.3) is 11.8 Å². The summed E-state index contributed by atoms with van der Waals surface area (Å²) in [6.45, 7) is 10.5. The summed E-state index contributed by atoms with van der Waals surface area (Å²) in [5.74, 6) is -2.94. The van der Waals surface area contributed by atoms with Crippen molar-refractivity contribution in [2.75, 3.05) is 21.2 Å². The molecule has 13 heteroatoms. The number of nitrogens with one attached hydrogen (secondary N) is 2. The van der Waals surface area contributed by atoms with E-state index >= 15 is 0 Å². The van der Waals surface area contributed by atoms with E-state index in [9.17, 15) is 24.0 Å². The molecular weight excluding hydrogens is 610 g/mol. The predicted octanol–water partition coefficient (Wildman–Crippen LogP) is 3.36. The Morgan fingerprint density at radius 2 is 1.63 bits per heavy atom. The normalized spacial score (nSPS) is 25.7. The number of aromatic nitrogens is 1. The zero-order valence-corrected chi connectivity index (χ0v) is 29.0. The van der Waals surface area contributed by atoms with E-state index in [1.165, 1.54) is 35.1 Å². The Balaban J connectivity index is 2.07. The number of amides is 4. The fraction of sp³-hybridized carbons (Fsp3) is 0.576. The lowest BCUT2D eigenvalue weighted by atomic mass is 9.97. The molecule has 2 aromatic rings. The van der Waals surface area contributed by atoms with E-state index < -0.39 is 65.8 Å². The zero-order chi connectivity index (χ0) is 34.3. The summed E-state index contributed by atoms with van der Waals surface area (Å²) in [4.78, 5) is 75.3. The first-order valence-electron chi connectivity index (χ1n) is 15.6. The highest BCUT2D eigenvalue weighted by Gasteiger charge is 2.39. The van der Waals surface area contributed by atoms with Crippen LogP contribution in [-0.4, -0.2) is 89.8 Å². The van der Waals surface area contributed by atoms with Crippen molar-refractivity contribution in [3.05, 3.63) is 45.9 Å². The van der Waals surface area contributed by atoms with Gasteiger partial charge in [0.15, 0.2) is 6.10 Å². The molecule has 2 bridgehead atoms. The number of thiazole rings is 1. The molecule has 12 nitrogen and oxygen atoms in total. The van der Waals surface area contributed by atoms with Crippen LogP contribution in [0.5, 0.6) is 5.75 Å². The Morgan fingerprint density at radius 3 is 2.22 bits per heavy atom. The molecule has 252 valence electrons. The molecule has 46 heavy (non-hydrogen) atoms. The third-order valence-electron chi connectivity index (χ3n) is 8.37. The molecule has 2 N–H and O–H groups in total. The second kappa shape index (κ2) is 16.0. The van der Waals surface area contributed by atoms with Gasteiger partial charge in [0.2, 0.25) is 11.8 Å². The smallest absolute Gasteiger partial charge is 0.311 e. The number of hydrogen-bond donors (Lipinski definition) is 2. The van der Waals surface area contributed by atoms with Crippen molar-refractivity contribution in [1.29, 1.82) is 0 Å². The molecule has 4 amide bonds. The van der Waals surface area contributed by atoms with Gasteiger partial charge in [0.1, 0.15) is 28.5 Å². The van der Waals surface area contributed by atoms with Crippen LogP contribution >= 0.6 is 11.3 Å². The van der Waals surface area contributed by atoms with Crippen molar-refractivity contribution >= 4 is 40.9 Å². The van der Waals surface area contributed by atoms with E-state index in [4.69, 9.17) is 9.47 Å². The molecule has 6 atom stereocenters. The predicted molar refractivity (Wildman–Crippen MR) is 174 cm³/mol. The van der Waals surface area contributed by atoms with Crippen molar-refractivity contribution in [1.82, 2.24) is 25.4 Å². The monoisotopic (exact) mass is 657 g/mol. The Kier molecular flexibility index (Phi) is 12.7. The molecule has 0 saturated carbocycles. The summed E-state index contributed by atoms with van der Waals surface area (Å²) in [5.41, 5.74) is 0.931. The van der Waals surface area contributed by atoms with Crippen LogP contribution in [0.4, 0.5) is 0 Å². The molecule has 1 aromatic carbocycles. The van der Waals surface area contributed by atoms with Gasteiger partial charge >= 0.3 is 5.97 Å². The van der Waals surface area contributed by atoms with Crippen LogP contribution in [0.15, 0.2) is 29.6 Å². The first-order chi connectivity index (χ1) is 21.7. The molecule has 0 fully saturated rings. The highest BCUT2D eigenvalue weighted by molar-refractivity contribution is 7.09. The Bertz CT molecular complexity index is 1390. The molecule has 0 aliphatic carbocycles. The largest absolute Gasteiger partial charge is 0.497 e. The Morgan fingerprint density at radius 1 is 0.978 bits per heavy atom. The van der Waals surface area contributed by atoms with Gasteiger partial charge in [-0.3, -0.25) is 24.0 Å². The molecule has 2 heterocycles. The van der Waals surface area contributed by atoms with E-state index in [0.717, 1.165) is 5.56 Å². The maximum atomic E-state index is 14.2. The third kappa shape index (κ3) is 8.62. The van der Waals surface area contributed by atoms with E-state index in [0.29, 0.717) is 23.6 Å². The number of hydrogen-bond acceptors (Lipinski definition) is 9. The van der Waals surface area contributed by atoms with Gasteiger partial charge in [-0.05, 0) is 50.8 Å². The highest BCUT2D eigenvalue weighted by atomic mass is 32.1.